The third-order valence-corrected chi connectivity index (χ3v) is 3.77. The summed E-state index contributed by atoms with van der Waals surface area (Å²) in [6.07, 6.45) is 1.76. The number of aryl methyl sites for hydroxylation is 1. The van der Waals surface area contributed by atoms with E-state index >= 15 is 0 Å². The molecule has 0 unspecified atom stereocenters. The van der Waals surface area contributed by atoms with Gasteiger partial charge in [0.25, 0.3) is 5.71 Å². The Kier molecular flexibility index (Phi) is 4.66. The number of anilines is 1. The predicted octanol–water partition coefficient (Wildman–Crippen LogP) is 2.47. The van der Waals surface area contributed by atoms with Gasteiger partial charge in [-0.1, -0.05) is 11.2 Å². The van der Waals surface area contributed by atoms with Crippen molar-refractivity contribution in [3.8, 4) is 0 Å². The first-order valence-electron chi connectivity index (χ1n) is 7.44. The monoisotopic (exact) mass is 334 g/mol. The Bertz CT molecular complexity index is 853. The summed E-state index contributed by atoms with van der Waals surface area (Å²) in [6, 6.07) is 3.74. The van der Waals surface area contributed by atoms with Gasteiger partial charge in [-0.3, -0.25) is 0 Å². The standard InChI is InChI=1S/C16H16F2N4O2/c1-9-14-15(20-8-21-16(14)24-22-9)19-6-11(7-23)4-10-2-3-12(17)13(18)5-10/h2-3,5,8,11,23H,4,6-7H2,1H3,(H,19,20,21)/t11-/m0/s1. The highest BCUT2D eigenvalue weighted by Gasteiger charge is 2.15. The molecule has 8 heteroatoms. The van der Waals surface area contributed by atoms with E-state index in [1.165, 1.54) is 12.4 Å². The molecule has 0 amide bonds. The molecule has 6 nitrogen and oxygen atoms in total. The van der Waals surface area contributed by atoms with Crippen molar-refractivity contribution in [1.29, 1.82) is 0 Å². The third-order valence-electron chi connectivity index (χ3n) is 3.77. The molecule has 0 saturated carbocycles. The molecule has 0 bridgehead atoms. The molecule has 3 rings (SSSR count). The van der Waals surface area contributed by atoms with E-state index in [9.17, 15) is 13.9 Å². The van der Waals surface area contributed by atoms with E-state index in [1.54, 1.807) is 6.92 Å². The maximum atomic E-state index is 13.3. The largest absolute Gasteiger partial charge is 0.396 e. The summed E-state index contributed by atoms with van der Waals surface area (Å²) in [5.41, 5.74) is 1.66. The molecule has 0 fully saturated rings. The lowest BCUT2D eigenvalue weighted by molar-refractivity contribution is 0.232. The van der Waals surface area contributed by atoms with Crippen LogP contribution in [0.2, 0.25) is 0 Å². The lowest BCUT2D eigenvalue weighted by Gasteiger charge is -2.16. The average molecular weight is 334 g/mol. The predicted molar refractivity (Wildman–Crippen MR) is 83.5 cm³/mol. The minimum Gasteiger partial charge on any atom is -0.396 e. The van der Waals surface area contributed by atoms with Gasteiger partial charge in [-0.05, 0) is 31.0 Å². The molecule has 1 aromatic carbocycles. The molecule has 0 aliphatic rings. The smallest absolute Gasteiger partial charge is 0.263 e. The Morgan fingerprint density at radius 1 is 1.25 bits per heavy atom. The second-order valence-electron chi connectivity index (χ2n) is 5.55. The topological polar surface area (TPSA) is 84.1 Å². The van der Waals surface area contributed by atoms with Crippen molar-refractivity contribution in [2.24, 2.45) is 5.92 Å². The molecule has 0 radical (unpaired) electrons. The van der Waals surface area contributed by atoms with Gasteiger partial charge < -0.3 is 14.9 Å². The van der Waals surface area contributed by atoms with Crippen molar-refractivity contribution >= 4 is 16.9 Å². The van der Waals surface area contributed by atoms with Crippen LogP contribution in [-0.2, 0) is 6.42 Å². The summed E-state index contributed by atoms with van der Waals surface area (Å²) in [5.74, 6) is -1.42. The van der Waals surface area contributed by atoms with Crippen LogP contribution in [-0.4, -0.2) is 33.4 Å². The maximum Gasteiger partial charge on any atom is 0.263 e. The van der Waals surface area contributed by atoms with Crippen LogP contribution in [0.4, 0.5) is 14.6 Å². The molecule has 0 saturated heterocycles. The number of aromatic nitrogens is 3. The third kappa shape index (κ3) is 3.33. The van der Waals surface area contributed by atoms with Gasteiger partial charge in [0.15, 0.2) is 11.6 Å². The zero-order valence-corrected chi connectivity index (χ0v) is 13.0. The summed E-state index contributed by atoms with van der Waals surface area (Å²) in [6.45, 7) is 2.07. The summed E-state index contributed by atoms with van der Waals surface area (Å²) < 4.78 is 31.3. The maximum absolute atomic E-state index is 13.3. The quantitative estimate of drug-likeness (QED) is 0.720. The first-order chi connectivity index (χ1) is 11.6. The fourth-order valence-corrected chi connectivity index (χ4v) is 2.50. The van der Waals surface area contributed by atoms with E-state index in [4.69, 9.17) is 4.52 Å². The van der Waals surface area contributed by atoms with Gasteiger partial charge in [-0.2, -0.15) is 4.98 Å². The van der Waals surface area contributed by atoms with Crippen molar-refractivity contribution in [3.63, 3.8) is 0 Å². The SMILES string of the molecule is Cc1noc2ncnc(NC[C@@H](CO)Cc3ccc(F)c(F)c3)c12. The average Bonchev–Trinajstić information content (AvgIpc) is 2.97. The van der Waals surface area contributed by atoms with Crippen molar-refractivity contribution < 1.29 is 18.4 Å². The second-order valence-corrected chi connectivity index (χ2v) is 5.55. The molecule has 2 heterocycles. The number of rotatable bonds is 6. The van der Waals surface area contributed by atoms with Crippen molar-refractivity contribution in [2.45, 2.75) is 13.3 Å². The van der Waals surface area contributed by atoms with E-state index in [2.05, 4.69) is 20.4 Å². The zero-order valence-electron chi connectivity index (χ0n) is 13.0. The van der Waals surface area contributed by atoms with E-state index in [0.717, 1.165) is 12.1 Å². The summed E-state index contributed by atoms with van der Waals surface area (Å²) in [5, 5.41) is 17.2. The van der Waals surface area contributed by atoms with E-state index in [-0.39, 0.29) is 12.5 Å². The number of hydrogen-bond donors (Lipinski definition) is 2. The fraction of sp³-hybridized carbons (Fsp3) is 0.312. The Morgan fingerprint density at radius 3 is 2.83 bits per heavy atom. The van der Waals surface area contributed by atoms with Gasteiger partial charge in [0.2, 0.25) is 0 Å². The van der Waals surface area contributed by atoms with Crippen molar-refractivity contribution in [3.05, 3.63) is 47.4 Å². The molecule has 2 N–H and O–H groups in total. The van der Waals surface area contributed by atoms with Gasteiger partial charge in [0.1, 0.15) is 17.5 Å². The van der Waals surface area contributed by atoms with Gasteiger partial charge in [-0.25, -0.2) is 13.8 Å². The summed E-state index contributed by atoms with van der Waals surface area (Å²) >= 11 is 0. The van der Waals surface area contributed by atoms with E-state index in [1.807, 2.05) is 0 Å². The first-order valence-corrected chi connectivity index (χ1v) is 7.44. The van der Waals surface area contributed by atoms with Gasteiger partial charge in [-0.15, -0.1) is 0 Å². The van der Waals surface area contributed by atoms with Crippen LogP contribution in [0.5, 0.6) is 0 Å². The Morgan fingerprint density at radius 2 is 2.08 bits per heavy atom. The normalized spacial score (nSPS) is 12.5. The number of aliphatic hydroxyl groups is 1. The van der Waals surface area contributed by atoms with Crippen LogP contribution >= 0.6 is 0 Å². The molecule has 0 aliphatic carbocycles. The number of halogens is 2. The number of aliphatic hydroxyl groups excluding tert-OH is 1. The molecule has 0 aliphatic heterocycles. The Hall–Kier alpha value is -2.61. The van der Waals surface area contributed by atoms with E-state index in [0.29, 0.717) is 41.1 Å². The van der Waals surface area contributed by atoms with Crippen LogP contribution < -0.4 is 5.32 Å². The summed E-state index contributed by atoms with van der Waals surface area (Å²) in [4.78, 5) is 8.15. The number of benzene rings is 1. The molecule has 3 aromatic rings. The minimum atomic E-state index is -0.894. The second kappa shape index (κ2) is 6.88. The minimum absolute atomic E-state index is 0.108. The Balaban J connectivity index is 1.71. The molecular formula is C16H16F2N4O2. The van der Waals surface area contributed by atoms with Crippen LogP contribution in [0.1, 0.15) is 11.3 Å². The van der Waals surface area contributed by atoms with E-state index < -0.39 is 11.6 Å². The van der Waals surface area contributed by atoms with Crippen LogP contribution in [0, 0.1) is 24.5 Å². The molecule has 0 spiro atoms. The summed E-state index contributed by atoms with van der Waals surface area (Å²) in [7, 11) is 0. The molecule has 24 heavy (non-hydrogen) atoms. The number of nitrogens with zero attached hydrogens (tertiary/aromatic N) is 3. The van der Waals surface area contributed by atoms with Gasteiger partial charge in [0.05, 0.1) is 5.69 Å². The van der Waals surface area contributed by atoms with Crippen molar-refractivity contribution in [2.75, 3.05) is 18.5 Å². The molecule has 126 valence electrons. The molecule has 1 atom stereocenters. The lowest BCUT2D eigenvalue weighted by atomic mass is 10.00. The van der Waals surface area contributed by atoms with Gasteiger partial charge in [0, 0.05) is 19.1 Å². The fourth-order valence-electron chi connectivity index (χ4n) is 2.50. The number of fused-ring (bicyclic) bond motifs is 1. The van der Waals surface area contributed by atoms with Gasteiger partial charge >= 0.3 is 0 Å². The lowest BCUT2D eigenvalue weighted by Crippen LogP contribution is -2.21. The molecular weight excluding hydrogens is 318 g/mol. The number of hydrogen-bond acceptors (Lipinski definition) is 6. The van der Waals surface area contributed by atoms with Crippen LogP contribution in [0.25, 0.3) is 11.1 Å². The Labute approximate surface area is 136 Å². The van der Waals surface area contributed by atoms with Crippen LogP contribution in [0.3, 0.4) is 0 Å². The molecule has 2 aromatic heterocycles. The zero-order chi connectivity index (χ0) is 17.1. The first kappa shape index (κ1) is 16.3. The highest BCUT2D eigenvalue weighted by Crippen LogP contribution is 2.23. The van der Waals surface area contributed by atoms with Crippen LogP contribution in [0.15, 0.2) is 29.0 Å². The highest BCUT2D eigenvalue weighted by molar-refractivity contribution is 5.87. The highest BCUT2D eigenvalue weighted by atomic mass is 19.2. The number of nitrogens with one attached hydrogen (secondary N) is 1. The van der Waals surface area contributed by atoms with Crippen molar-refractivity contribution in [1.82, 2.24) is 15.1 Å².